The standard InChI is InChI=1S/C28H24Cl2N8O4/c1-2-42-27(40)16-36-11-10-25(34-36)32-28(41)23(12-18-6-4-3-5-7-18)37-17-31-21(14-26(37)39)20-13-19(29)8-9-22(20)38-15-24(30)33-35-38/h3-11,13-15,17,23H,2,12,16H2,1H3,(H,32,34,41)/t23-/m0/s1. The van der Waals surface area contributed by atoms with Gasteiger partial charge in [-0.15, -0.1) is 5.10 Å². The molecule has 0 bridgehead atoms. The van der Waals surface area contributed by atoms with Crippen molar-refractivity contribution in [3.05, 3.63) is 105 Å². The molecule has 5 rings (SSSR count). The first-order valence-electron chi connectivity index (χ1n) is 12.8. The summed E-state index contributed by atoms with van der Waals surface area (Å²) in [6, 6.07) is 16.2. The fourth-order valence-electron chi connectivity index (χ4n) is 4.29. The Morgan fingerprint density at radius 3 is 2.60 bits per heavy atom. The summed E-state index contributed by atoms with van der Waals surface area (Å²) in [5, 5.41) is 15.4. The first-order chi connectivity index (χ1) is 20.3. The van der Waals surface area contributed by atoms with Crippen LogP contribution >= 0.6 is 23.2 Å². The molecule has 1 amide bonds. The lowest BCUT2D eigenvalue weighted by molar-refractivity contribution is -0.144. The van der Waals surface area contributed by atoms with Crippen LogP contribution in [0.15, 0.2) is 84.2 Å². The van der Waals surface area contributed by atoms with Crippen molar-refractivity contribution >= 4 is 40.9 Å². The number of nitrogens with one attached hydrogen (secondary N) is 1. The molecular weight excluding hydrogens is 583 g/mol. The molecule has 1 atom stereocenters. The van der Waals surface area contributed by atoms with Gasteiger partial charge in [0.25, 0.3) is 5.56 Å². The van der Waals surface area contributed by atoms with Gasteiger partial charge in [0.05, 0.1) is 30.5 Å². The zero-order chi connectivity index (χ0) is 29.6. The maximum Gasteiger partial charge on any atom is 0.327 e. The number of carbonyl (C=O) groups is 2. The first-order valence-corrected chi connectivity index (χ1v) is 13.6. The molecule has 14 heteroatoms. The van der Waals surface area contributed by atoms with Crippen LogP contribution in [-0.4, -0.2) is 52.8 Å². The minimum absolute atomic E-state index is 0.103. The van der Waals surface area contributed by atoms with Gasteiger partial charge in [0, 0.05) is 35.3 Å². The van der Waals surface area contributed by atoms with E-state index >= 15 is 0 Å². The second kappa shape index (κ2) is 12.8. The minimum Gasteiger partial charge on any atom is -0.465 e. The summed E-state index contributed by atoms with van der Waals surface area (Å²) < 4.78 is 9.01. The van der Waals surface area contributed by atoms with Crippen LogP contribution in [0.2, 0.25) is 10.2 Å². The first kappa shape index (κ1) is 28.7. The van der Waals surface area contributed by atoms with Crippen molar-refractivity contribution < 1.29 is 14.3 Å². The zero-order valence-corrected chi connectivity index (χ0v) is 23.7. The van der Waals surface area contributed by atoms with Crippen molar-refractivity contribution in [1.29, 1.82) is 0 Å². The van der Waals surface area contributed by atoms with Crippen LogP contribution in [0.25, 0.3) is 16.9 Å². The highest BCUT2D eigenvalue weighted by atomic mass is 35.5. The number of esters is 1. The Labute approximate surface area is 249 Å². The number of benzene rings is 2. The predicted octanol–water partition coefficient (Wildman–Crippen LogP) is 3.98. The average Bonchev–Trinajstić information content (AvgIpc) is 3.60. The summed E-state index contributed by atoms with van der Waals surface area (Å²) >= 11 is 12.2. The number of aromatic nitrogens is 7. The Kier molecular flexibility index (Phi) is 8.74. The van der Waals surface area contributed by atoms with Gasteiger partial charge in [-0.3, -0.25) is 23.6 Å². The highest BCUT2D eigenvalue weighted by Gasteiger charge is 2.24. The second-order valence-corrected chi connectivity index (χ2v) is 9.89. The number of halogens is 2. The molecule has 5 aromatic rings. The number of carbonyl (C=O) groups excluding carboxylic acids is 2. The molecule has 1 N–H and O–H groups in total. The van der Waals surface area contributed by atoms with Crippen molar-refractivity contribution in [2.45, 2.75) is 25.9 Å². The molecule has 0 aliphatic heterocycles. The van der Waals surface area contributed by atoms with Gasteiger partial charge in [-0.2, -0.15) is 5.10 Å². The normalized spacial score (nSPS) is 11.7. The van der Waals surface area contributed by atoms with E-state index in [9.17, 15) is 14.4 Å². The highest BCUT2D eigenvalue weighted by molar-refractivity contribution is 6.31. The van der Waals surface area contributed by atoms with Gasteiger partial charge in [-0.25, -0.2) is 9.67 Å². The monoisotopic (exact) mass is 606 g/mol. The lowest BCUT2D eigenvalue weighted by atomic mass is 10.0. The Balaban J connectivity index is 1.46. The quantitative estimate of drug-likeness (QED) is 0.235. The number of hydrogen-bond acceptors (Lipinski definition) is 8. The summed E-state index contributed by atoms with van der Waals surface area (Å²) in [6.07, 6.45) is 4.59. The third-order valence-electron chi connectivity index (χ3n) is 6.18. The maximum absolute atomic E-state index is 13.6. The molecule has 0 saturated heterocycles. The fourth-order valence-corrected chi connectivity index (χ4v) is 4.58. The average molecular weight is 607 g/mol. The lowest BCUT2D eigenvalue weighted by Crippen LogP contribution is -2.35. The Hall–Kier alpha value is -4.81. The van der Waals surface area contributed by atoms with Crippen LogP contribution < -0.4 is 10.9 Å². The number of anilines is 1. The van der Waals surface area contributed by atoms with Crippen LogP contribution in [0.5, 0.6) is 0 Å². The van der Waals surface area contributed by atoms with Gasteiger partial charge < -0.3 is 10.1 Å². The minimum atomic E-state index is -0.968. The van der Waals surface area contributed by atoms with Crippen LogP contribution in [0.1, 0.15) is 18.5 Å². The van der Waals surface area contributed by atoms with Crippen molar-refractivity contribution in [2.24, 2.45) is 0 Å². The number of nitrogens with zero attached hydrogens (tertiary/aromatic N) is 7. The molecule has 0 radical (unpaired) electrons. The molecule has 0 aliphatic rings. The van der Waals surface area contributed by atoms with Crippen molar-refractivity contribution in [3.63, 3.8) is 0 Å². The Morgan fingerprint density at radius 1 is 1.07 bits per heavy atom. The van der Waals surface area contributed by atoms with Crippen molar-refractivity contribution in [3.8, 4) is 16.9 Å². The Morgan fingerprint density at radius 2 is 1.88 bits per heavy atom. The highest BCUT2D eigenvalue weighted by Crippen LogP contribution is 2.28. The maximum atomic E-state index is 13.6. The number of ether oxygens (including phenoxy) is 1. The van der Waals surface area contributed by atoms with Gasteiger partial charge in [0.1, 0.15) is 12.6 Å². The largest absolute Gasteiger partial charge is 0.465 e. The van der Waals surface area contributed by atoms with Gasteiger partial charge in [-0.05, 0) is 30.7 Å². The van der Waals surface area contributed by atoms with E-state index in [1.165, 1.54) is 32.5 Å². The molecule has 0 spiro atoms. The third-order valence-corrected chi connectivity index (χ3v) is 6.59. The second-order valence-electron chi connectivity index (χ2n) is 9.07. The van der Waals surface area contributed by atoms with Gasteiger partial charge >= 0.3 is 5.97 Å². The summed E-state index contributed by atoms with van der Waals surface area (Å²) in [4.78, 5) is 43.4. The lowest BCUT2D eigenvalue weighted by Gasteiger charge is -2.19. The van der Waals surface area contributed by atoms with E-state index < -0.39 is 23.5 Å². The molecule has 42 heavy (non-hydrogen) atoms. The van der Waals surface area contributed by atoms with E-state index in [4.69, 9.17) is 27.9 Å². The van der Waals surface area contributed by atoms with Gasteiger partial charge in [0.2, 0.25) is 5.91 Å². The van der Waals surface area contributed by atoms with Crippen LogP contribution in [0.3, 0.4) is 0 Å². The molecule has 0 unspecified atom stereocenters. The van der Waals surface area contributed by atoms with Crippen LogP contribution in [0, 0.1) is 0 Å². The number of hydrogen-bond donors (Lipinski definition) is 1. The van der Waals surface area contributed by atoms with E-state index in [1.807, 2.05) is 30.3 Å². The van der Waals surface area contributed by atoms with Crippen molar-refractivity contribution in [2.75, 3.05) is 11.9 Å². The zero-order valence-electron chi connectivity index (χ0n) is 22.2. The summed E-state index contributed by atoms with van der Waals surface area (Å²) in [5.74, 6) is -0.722. The molecule has 0 saturated carbocycles. The van der Waals surface area contributed by atoms with Gasteiger partial charge in [0.15, 0.2) is 11.0 Å². The van der Waals surface area contributed by atoms with E-state index in [-0.39, 0.29) is 30.5 Å². The Bertz CT molecular complexity index is 1780. The topological polar surface area (TPSA) is 139 Å². The molecule has 0 aliphatic carbocycles. The molecular formula is C28H24Cl2N8O4. The summed E-state index contributed by atoms with van der Waals surface area (Å²) in [6.45, 7) is 1.86. The number of amides is 1. The van der Waals surface area contributed by atoms with E-state index in [0.29, 0.717) is 22.0 Å². The van der Waals surface area contributed by atoms with Crippen molar-refractivity contribution in [1.82, 2.24) is 34.3 Å². The molecule has 214 valence electrons. The molecule has 2 aromatic carbocycles. The van der Waals surface area contributed by atoms with E-state index in [1.54, 1.807) is 37.4 Å². The van der Waals surface area contributed by atoms with Crippen LogP contribution in [0.4, 0.5) is 5.82 Å². The molecule has 3 heterocycles. The van der Waals surface area contributed by atoms with E-state index in [0.717, 1.165) is 5.56 Å². The van der Waals surface area contributed by atoms with Gasteiger partial charge in [-0.1, -0.05) is 58.7 Å². The molecule has 3 aromatic heterocycles. The predicted molar refractivity (Wildman–Crippen MR) is 156 cm³/mol. The SMILES string of the molecule is CCOC(=O)Cn1ccc(NC(=O)[C@H](Cc2ccccc2)n2cnc(-c3cc(Cl)ccc3-n3cc(Cl)nn3)cc2=O)n1. The van der Waals surface area contributed by atoms with Crippen LogP contribution in [-0.2, 0) is 27.3 Å². The summed E-state index contributed by atoms with van der Waals surface area (Å²) in [7, 11) is 0. The third kappa shape index (κ3) is 6.73. The molecule has 0 fully saturated rings. The van der Waals surface area contributed by atoms with E-state index in [2.05, 4.69) is 25.7 Å². The molecule has 12 nitrogen and oxygen atoms in total. The fraction of sp³-hybridized carbons (Fsp3) is 0.179. The smallest absolute Gasteiger partial charge is 0.327 e. The summed E-state index contributed by atoms with van der Waals surface area (Å²) in [5.41, 5.74) is 1.76. The number of rotatable bonds is 10.